The zero-order valence-corrected chi connectivity index (χ0v) is 15.1. The number of terminal acetylenes is 2. The second kappa shape index (κ2) is 10.5. The second-order valence-corrected chi connectivity index (χ2v) is 6.09. The van der Waals surface area contributed by atoms with E-state index < -0.39 is 73.0 Å². The lowest BCUT2D eigenvalue weighted by atomic mass is 9.95. The van der Waals surface area contributed by atoms with E-state index in [-0.39, 0.29) is 0 Å². The highest BCUT2D eigenvalue weighted by Gasteiger charge is 2.47. The summed E-state index contributed by atoms with van der Waals surface area (Å²) in [5, 5.41) is 64.4. The van der Waals surface area contributed by atoms with Crippen molar-refractivity contribution in [2.24, 2.45) is 0 Å². The molecule has 12 heteroatoms. The molecule has 0 amide bonds. The Labute approximate surface area is 165 Å². The lowest BCUT2D eigenvalue weighted by molar-refractivity contribution is -0.217. The summed E-state index contributed by atoms with van der Waals surface area (Å²) in [4.78, 5) is 21.7. The highest BCUT2D eigenvalue weighted by Crippen LogP contribution is 2.22. The van der Waals surface area contributed by atoms with Crippen LogP contribution in [0.25, 0.3) is 0 Å². The maximum atomic E-state index is 11.1. The number of hydrogen-bond donors (Lipinski definition) is 7. The van der Waals surface area contributed by atoms with Gasteiger partial charge in [0.1, 0.15) is 48.8 Å². The molecule has 10 atom stereocenters. The molecular formula is C17H22O12. The van der Waals surface area contributed by atoms with Crippen LogP contribution < -0.4 is 0 Å². The van der Waals surface area contributed by atoms with Crippen LogP contribution in [0, 0.1) is 24.7 Å². The predicted octanol–water partition coefficient (Wildman–Crippen LogP) is -4.80. The molecule has 2 heterocycles. The zero-order valence-electron chi connectivity index (χ0n) is 15.1. The maximum Gasteiger partial charge on any atom is 0.337 e. The van der Waals surface area contributed by atoms with Crippen LogP contribution in [0.5, 0.6) is 0 Å². The number of carbonyl (C=O) groups excluding carboxylic acids is 1. The van der Waals surface area contributed by atoms with Crippen molar-refractivity contribution in [1.82, 2.24) is 0 Å². The van der Waals surface area contributed by atoms with E-state index in [2.05, 4.69) is 10.7 Å². The molecule has 0 bridgehead atoms. The fourth-order valence-electron chi connectivity index (χ4n) is 2.55. The fraction of sp³-hybridized carbons (Fsp3) is 0.647. The summed E-state index contributed by atoms with van der Waals surface area (Å²) >= 11 is 0. The second-order valence-electron chi connectivity index (χ2n) is 6.09. The van der Waals surface area contributed by atoms with Crippen molar-refractivity contribution in [2.45, 2.75) is 61.0 Å². The molecule has 2 saturated heterocycles. The van der Waals surface area contributed by atoms with Gasteiger partial charge in [-0.2, -0.15) is 0 Å². The van der Waals surface area contributed by atoms with Gasteiger partial charge in [-0.15, -0.1) is 12.8 Å². The monoisotopic (exact) mass is 418 g/mol. The number of aliphatic hydroxyl groups excluding tert-OH is 6. The molecule has 0 spiro atoms. The van der Waals surface area contributed by atoms with Crippen LogP contribution in [-0.4, -0.2) is 116 Å². The van der Waals surface area contributed by atoms with Crippen LogP contribution >= 0.6 is 0 Å². The van der Waals surface area contributed by atoms with Crippen LogP contribution in [0.1, 0.15) is 0 Å². The molecule has 0 radical (unpaired) electrons. The quantitative estimate of drug-likeness (QED) is 0.167. The van der Waals surface area contributed by atoms with Gasteiger partial charge in [0.2, 0.25) is 0 Å². The minimum atomic E-state index is -1.69. The molecule has 2 aliphatic heterocycles. The Morgan fingerprint density at radius 3 is 1.48 bits per heavy atom. The standard InChI is InChI=1S/C9H12O6.C8H10O6/c1-3-4-5(10)6(11)7(12)8(15-4)9(13)14-2;1-2-3-4(9)5(10)6(11)7(14-3)8(12)13/h1,4-8,10-12H,2H3;1,3-7,9-11H,(H,12,13)/t4-,5-,6+,7-,8-;3-,4-,5+,6-,7-/m00/s1. The molecule has 12 nitrogen and oxygen atoms in total. The molecule has 0 aliphatic carbocycles. The first-order valence-electron chi connectivity index (χ1n) is 8.13. The summed E-state index contributed by atoms with van der Waals surface area (Å²) in [6.07, 6.45) is -4.71. The number of hydrogen-bond acceptors (Lipinski definition) is 11. The van der Waals surface area contributed by atoms with E-state index in [1.807, 2.05) is 5.92 Å². The summed E-state index contributed by atoms with van der Waals surface area (Å²) in [7, 11) is 1.11. The van der Waals surface area contributed by atoms with Crippen molar-refractivity contribution in [3.63, 3.8) is 0 Å². The topological polar surface area (TPSA) is 203 Å². The summed E-state index contributed by atoms with van der Waals surface area (Å²) in [5.74, 6) is 1.75. The largest absolute Gasteiger partial charge is 0.479 e. The summed E-state index contributed by atoms with van der Waals surface area (Å²) in [6, 6.07) is 0. The number of carboxylic acids is 1. The number of rotatable bonds is 2. The molecule has 0 aromatic carbocycles. The van der Waals surface area contributed by atoms with Crippen LogP contribution in [0.15, 0.2) is 0 Å². The van der Waals surface area contributed by atoms with E-state index >= 15 is 0 Å². The smallest absolute Gasteiger partial charge is 0.337 e. The molecule has 0 aromatic rings. The van der Waals surface area contributed by atoms with Crippen molar-refractivity contribution < 1.29 is 59.5 Å². The number of carboxylic acid groups (broad SMARTS) is 1. The van der Waals surface area contributed by atoms with Gasteiger partial charge < -0.3 is 50.0 Å². The summed E-state index contributed by atoms with van der Waals surface area (Å²) in [6.45, 7) is 0. The Hall–Kier alpha value is -2.26. The van der Waals surface area contributed by atoms with Crippen LogP contribution in [0.2, 0.25) is 0 Å². The minimum absolute atomic E-state index is 0.853. The predicted molar refractivity (Wildman–Crippen MR) is 90.7 cm³/mol. The van der Waals surface area contributed by atoms with Crippen LogP contribution in [0.4, 0.5) is 0 Å². The average Bonchev–Trinajstić information content (AvgIpc) is 2.70. The van der Waals surface area contributed by atoms with Crippen LogP contribution in [-0.2, 0) is 23.8 Å². The number of aliphatic carboxylic acids is 1. The third-order valence-corrected chi connectivity index (χ3v) is 4.23. The van der Waals surface area contributed by atoms with E-state index in [4.69, 9.17) is 27.4 Å². The number of carbonyl (C=O) groups is 2. The molecule has 2 rings (SSSR count). The molecule has 0 aromatic heterocycles. The Morgan fingerprint density at radius 1 is 0.759 bits per heavy atom. The molecule has 29 heavy (non-hydrogen) atoms. The first kappa shape index (κ1) is 24.8. The third-order valence-electron chi connectivity index (χ3n) is 4.23. The number of ether oxygens (including phenoxy) is 3. The van der Waals surface area contributed by atoms with E-state index in [0.29, 0.717) is 0 Å². The highest BCUT2D eigenvalue weighted by atomic mass is 16.6. The van der Waals surface area contributed by atoms with Gasteiger partial charge in [0.05, 0.1) is 7.11 Å². The zero-order chi connectivity index (χ0) is 22.5. The van der Waals surface area contributed by atoms with Gasteiger partial charge in [-0.05, 0) is 0 Å². The normalized spacial score (nSPS) is 41.7. The van der Waals surface area contributed by atoms with Crippen molar-refractivity contribution in [1.29, 1.82) is 0 Å². The van der Waals surface area contributed by atoms with Crippen molar-refractivity contribution >= 4 is 11.9 Å². The van der Waals surface area contributed by atoms with E-state index in [0.717, 1.165) is 7.11 Å². The van der Waals surface area contributed by atoms with Gasteiger partial charge in [0, 0.05) is 0 Å². The van der Waals surface area contributed by atoms with Crippen molar-refractivity contribution in [2.75, 3.05) is 7.11 Å². The Bertz CT molecular complexity index is 666. The molecule has 0 unspecified atom stereocenters. The molecule has 2 fully saturated rings. The van der Waals surface area contributed by atoms with Gasteiger partial charge in [-0.1, -0.05) is 11.8 Å². The molecular weight excluding hydrogens is 396 g/mol. The Morgan fingerprint density at radius 2 is 1.14 bits per heavy atom. The van der Waals surface area contributed by atoms with Crippen LogP contribution in [0.3, 0.4) is 0 Å². The summed E-state index contributed by atoms with van der Waals surface area (Å²) in [5.41, 5.74) is 0. The highest BCUT2D eigenvalue weighted by molar-refractivity contribution is 5.75. The fourth-order valence-corrected chi connectivity index (χ4v) is 2.55. The molecule has 162 valence electrons. The van der Waals surface area contributed by atoms with E-state index in [1.165, 1.54) is 0 Å². The molecule has 7 N–H and O–H groups in total. The SMILES string of the molecule is C#C[C@@H]1O[C@H](C(=O)O)[C@@H](O)[C@H](O)[C@H]1O.C#C[C@@H]1O[C@H](C(=O)OC)[C@@H](O)[C@H](O)[C@H]1O. The van der Waals surface area contributed by atoms with Gasteiger partial charge in [0.15, 0.2) is 12.2 Å². The molecule has 2 aliphatic rings. The third kappa shape index (κ3) is 5.42. The van der Waals surface area contributed by atoms with E-state index in [1.54, 1.807) is 0 Å². The van der Waals surface area contributed by atoms with Gasteiger partial charge in [-0.25, -0.2) is 9.59 Å². The lowest BCUT2D eigenvalue weighted by Crippen LogP contribution is -2.59. The maximum absolute atomic E-state index is 11.1. The average molecular weight is 418 g/mol. The van der Waals surface area contributed by atoms with Gasteiger partial charge in [0.25, 0.3) is 0 Å². The first-order chi connectivity index (χ1) is 13.5. The minimum Gasteiger partial charge on any atom is -0.479 e. The Kier molecular flexibility index (Phi) is 8.97. The number of esters is 1. The summed E-state index contributed by atoms with van der Waals surface area (Å²) < 4.78 is 14.0. The van der Waals surface area contributed by atoms with Crippen molar-refractivity contribution in [3.8, 4) is 24.7 Å². The van der Waals surface area contributed by atoms with Gasteiger partial charge >= 0.3 is 11.9 Å². The molecule has 0 saturated carbocycles. The van der Waals surface area contributed by atoms with Gasteiger partial charge in [-0.3, -0.25) is 0 Å². The first-order valence-corrected chi connectivity index (χ1v) is 8.13. The lowest BCUT2D eigenvalue weighted by Gasteiger charge is -2.37. The number of methoxy groups -OCH3 is 1. The van der Waals surface area contributed by atoms with E-state index in [9.17, 15) is 40.2 Å². The Balaban J connectivity index is 0.000000291. The van der Waals surface area contributed by atoms with Crippen molar-refractivity contribution in [3.05, 3.63) is 0 Å². The number of aliphatic hydroxyl groups is 6.